The van der Waals surface area contributed by atoms with Crippen LogP contribution in [0.1, 0.15) is 20.3 Å². The molecule has 1 amide bonds. The molecule has 0 aliphatic heterocycles. The third-order valence-corrected chi connectivity index (χ3v) is 1.31. The van der Waals surface area contributed by atoms with Gasteiger partial charge in [0.15, 0.2) is 0 Å². The molecule has 0 atom stereocenters. The molecule has 0 fully saturated rings. The van der Waals surface area contributed by atoms with E-state index >= 15 is 0 Å². The van der Waals surface area contributed by atoms with Gasteiger partial charge in [-0.15, -0.1) is 0 Å². The highest BCUT2D eigenvalue weighted by atomic mass is 16.1. The van der Waals surface area contributed by atoms with Crippen LogP contribution in [0.5, 0.6) is 0 Å². The summed E-state index contributed by atoms with van der Waals surface area (Å²) in [4.78, 5) is 11.1. The van der Waals surface area contributed by atoms with E-state index < -0.39 is 5.54 Å². The van der Waals surface area contributed by atoms with E-state index in [0.29, 0.717) is 13.0 Å². The highest BCUT2D eigenvalue weighted by molar-refractivity contribution is 5.76. The van der Waals surface area contributed by atoms with Gasteiger partial charge in [-0.3, -0.25) is 4.79 Å². The lowest BCUT2D eigenvalue weighted by molar-refractivity contribution is -0.121. The average Bonchev–Trinajstić information content (AvgIpc) is 1.84. The third-order valence-electron chi connectivity index (χ3n) is 1.31. The maximum atomic E-state index is 11.1. The molecule has 0 aromatic heterocycles. The summed E-state index contributed by atoms with van der Waals surface area (Å²) in [5, 5.41) is 5.70. The van der Waals surface area contributed by atoms with Crippen molar-refractivity contribution in [2.24, 2.45) is 5.73 Å². The summed E-state index contributed by atoms with van der Waals surface area (Å²) in [7, 11) is 1.85. The molecule has 0 spiro atoms. The fourth-order valence-corrected chi connectivity index (χ4v) is 0.803. The molecular formula is C8H19N3O. The van der Waals surface area contributed by atoms with Gasteiger partial charge in [-0.25, -0.2) is 0 Å². The molecule has 0 aromatic rings. The van der Waals surface area contributed by atoms with Crippen molar-refractivity contribution in [2.75, 3.05) is 20.1 Å². The number of carbonyl (C=O) groups excluding carboxylic acids is 1. The Labute approximate surface area is 73.9 Å². The molecule has 0 radical (unpaired) electrons. The van der Waals surface area contributed by atoms with Crippen molar-refractivity contribution in [3.63, 3.8) is 0 Å². The van der Waals surface area contributed by atoms with E-state index in [2.05, 4.69) is 10.6 Å². The molecule has 12 heavy (non-hydrogen) atoms. The second kappa shape index (κ2) is 5.11. The van der Waals surface area contributed by atoms with E-state index in [0.717, 1.165) is 6.54 Å². The Bertz CT molecular complexity index is 140. The van der Waals surface area contributed by atoms with Crippen molar-refractivity contribution in [1.82, 2.24) is 10.6 Å². The number of hydrogen-bond acceptors (Lipinski definition) is 3. The number of carbonyl (C=O) groups is 1. The highest BCUT2D eigenvalue weighted by Gasteiger charge is 2.15. The topological polar surface area (TPSA) is 67.1 Å². The van der Waals surface area contributed by atoms with Gasteiger partial charge >= 0.3 is 0 Å². The molecule has 0 saturated heterocycles. The van der Waals surface area contributed by atoms with E-state index in [1.54, 1.807) is 0 Å². The van der Waals surface area contributed by atoms with Crippen LogP contribution in [0.15, 0.2) is 0 Å². The van der Waals surface area contributed by atoms with Gasteiger partial charge in [0.05, 0.1) is 0 Å². The first kappa shape index (κ1) is 11.4. The monoisotopic (exact) mass is 173 g/mol. The van der Waals surface area contributed by atoms with Crippen LogP contribution in [-0.2, 0) is 4.79 Å². The van der Waals surface area contributed by atoms with Gasteiger partial charge in [-0.05, 0) is 20.9 Å². The summed E-state index contributed by atoms with van der Waals surface area (Å²) >= 11 is 0. The first-order chi connectivity index (χ1) is 5.45. The number of hydrogen-bond donors (Lipinski definition) is 3. The van der Waals surface area contributed by atoms with Gasteiger partial charge in [0, 0.05) is 25.0 Å². The lowest BCUT2D eigenvalue weighted by atomic mass is 10.0. The van der Waals surface area contributed by atoms with E-state index in [4.69, 9.17) is 5.73 Å². The summed E-state index contributed by atoms with van der Waals surface area (Å²) in [6, 6.07) is 0. The number of nitrogens with two attached hydrogens (primary N) is 1. The van der Waals surface area contributed by atoms with Crippen LogP contribution in [0.2, 0.25) is 0 Å². The quantitative estimate of drug-likeness (QED) is 0.489. The zero-order valence-corrected chi connectivity index (χ0v) is 8.11. The Balaban J connectivity index is 3.47. The zero-order chi connectivity index (χ0) is 9.61. The van der Waals surface area contributed by atoms with Crippen molar-refractivity contribution in [3.8, 4) is 0 Å². The molecule has 0 heterocycles. The van der Waals surface area contributed by atoms with E-state index in [1.165, 1.54) is 0 Å². The zero-order valence-electron chi connectivity index (χ0n) is 8.11. The van der Waals surface area contributed by atoms with Crippen molar-refractivity contribution in [2.45, 2.75) is 25.8 Å². The van der Waals surface area contributed by atoms with Crippen LogP contribution in [0.25, 0.3) is 0 Å². The Hall–Kier alpha value is -0.610. The molecule has 0 saturated carbocycles. The van der Waals surface area contributed by atoms with Crippen LogP contribution in [0, 0.1) is 0 Å². The minimum absolute atomic E-state index is 0.0118. The van der Waals surface area contributed by atoms with Crippen molar-refractivity contribution in [1.29, 1.82) is 0 Å². The number of amides is 1. The minimum Gasteiger partial charge on any atom is -0.355 e. The first-order valence-electron chi connectivity index (χ1n) is 4.16. The molecule has 0 rings (SSSR count). The van der Waals surface area contributed by atoms with Gasteiger partial charge in [0.2, 0.25) is 5.91 Å². The van der Waals surface area contributed by atoms with Gasteiger partial charge in [0.25, 0.3) is 0 Å². The van der Waals surface area contributed by atoms with Crippen LogP contribution in [0.4, 0.5) is 0 Å². The Morgan fingerprint density at radius 2 is 2.00 bits per heavy atom. The number of likely N-dealkylation sites (N-methyl/N-ethyl adjacent to an activating group) is 1. The summed E-state index contributed by atoms with van der Waals surface area (Å²) in [5.74, 6) is 0.0118. The molecule has 0 unspecified atom stereocenters. The highest BCUT2D eigenvalue weighted by Crippen LogP contribution is 2.01. The molecule has 0 bridgehead atoms. The molecule has 0 aliphatic carbocycles. The van der Waals surface area contributed by atoms with E-state index in [1.807, 2.05) is 20.9 Å². The Morgan fingerprint density at radius 1 is 1.42 bits per heavy atom. The van der Waals surface area contributed by atoms with Crippen LogP contribution < -0.4 is 16.4 Å². The van der Waals surface area contributed by atoms with Crippen molar-refractivity contribution >= 4 is 5.91 Å². The minimum atomic E-state index is -0.413. The van der Waals surface area contributed by atoms with Crippen LogP contribution in [0.3, 0.4) is 0 Å². The first-order valence-corrected chi connectivity index (χ1v) is 4.16. The average molecular weight is 173 g/mol. The smallest absolute Gasteiger partial charge is 0.221 e. The lowest BCUT2D eigenvalue weighted by Gasteiger charge is -2.17. The Kier molecular flexibility index (Phi) is 4.85. The Morgan fingerprint density at radius 3 is 2.42 bits per heavy atom. The van der Waals surface area contributed by atoms with Crippen LogP contribution >= 0.6 is 0 Å². The molecule has 0 aromatic carbocycles. The van der Waals surface area contributed by atoms with E-state index in [-0.39, 0.29) is 5.91 Å². The molecule has 0 aliphatic rings. The molecular weight excluding hydrogens is 154 g/mol. The SMILES string of the molecule is CNCCNC(=O)CC(C)(C)N. The fourth-order valence-electron chi connectivity index (χ4n) is 0.803. The predicted molar refractivity (Wildman–Crippen MR) is 49.8 cm³/mol. The molecule has 4 heteroatoms. The summed E-state index contributed by atoms with van der Waals surface area (Å²) in [5.41, 5.74) is 5.25. The van der Waals surface area contributed by atoms with E-state index in [9.17, 15) is 4.79 Å². The largest absolute Gasteiger partial charge is 0.355 e. The second-order valence-electron chi connectivity index (χ2n) is 3.62. The van der Waals surface area contributed by atoms with Crippen LogP contribution in [-0.4, -0.2) is 31.6 Å². The maximum absolute atomic E-state index is 11.1. The molecule has 72 valence electrons. The van der Waals surface area contributed by atoms with Gasteiger partial charge < -0.3 is 16.4 Å². The number of nitrogens with one attached hydrogen (secondary N) is 2. The normalized spacial score (nSPS) is 11.3. The maximum Gasteiger partial charge on any atom is 0.221 e. The molecule has 4 N–H and O–H groups in total. The lowest BCUT2D eigenvalue weighted by Crippen LogP contribution is -2.40. The third kappa shape index (κ3) is 7.50. The van der Waals surface area contributed by atoms with Crippen molar-refractivity contribution in [3.05, 3.63) is 0 Å². The summed E-state index contributed by atoms with van der Waals surface area (Å²) in [6.45, 7) is 5.12. The summed E-state index contributed by atoms with van der Waals surface area (Å²) < 4.78 is 0. The second-order valence-corrected chi connectivity index (χ2v) is 3.62. The van der Waals surface area contributed by atoms with Crippen molar-refractivity contribution < 1.29 is 4.79 Å². The van der Waals surface area contributed by atoms with Gasteiger partial charge in [-0.2, -0.15) is 0 Å². The van der Waals surface area contributed by atoms with Gasteiger partial charge in [0.1, 0.15) is 0 Å². The predicted octanol–water partition coefficient (Wildman–Crippen LogP) is -0.551. The number of rotatable bonds is 5. The fraction of sp³-hybridized carbons (Fsp3) is 0.875. The summed E-state index contributed by atoms with van der Waals surface area (Å²) in [6.07, 6.45) is 0.372. The standard InChI is InChI=1S/C8H19N3O/c1-8(2,9)6-7(12)11-5-4-10-3/h10H,4-6,9H2,1-3H3,(H,11,12). The molecule has 4 nitrogen and oxygen atoms in total. The van der Waals surface area contributed by atoms with Gasteiger partial charge in [-0.1, -0.05) is 0 Å².